The smallest absolute Gasteiger partial charge is 0.331 e. The fraction of sp³-hybridized carbons (Fsp3) is 0.395. The largest absolute Gasteiger partial charge is 0.383 e. The zero-order valence-electron chi connectivity index (χ0n) is 26.3. The van der Waals surface area contributed by atoms with Gasteiger partial charge >= 0.3 is 5.69 Å². The van der Waals surface area contributed by atoms with Gasteiger partial charge in [0.05, 0.1) is 24.1 Å². The average molecular weight is 593 g/mol. The summed E-state index contributed by atoms with van der Waals surface area (Å²) in [4.78, 5) is 40.2. The minimum absolute atomic E-state index is 0.0759. The molecule has 6 nitrogen and oxygen atoms in total. The Morgan fingerprint density at radius 3 is 2.34 bits per heavy atom. The van der Waals surface area contributed by atoms with E-state index in [0.29, 0.717) is 29.8 Å². The zero-order chi connectivity index (χ0) is 31.1. The fourth-order valence-corrected chi connectivity index (χ4v) is 6.40. The number of Topliss-reactive ketones (excluding diaryl/α,β-unsaturated/α-hetero) is 1. The van der Waals surface area contributed by atoms with Gasteiger partial charge in [-0.25, -0.2) is 4.79 Å². The van der Waals surface area contributed by atoms with Crippen LogP contribution in [0.5, 0.6) is 0 Å². The molecule has 44 heavy (non-hydrogen) atoms. The van der Waals surface area contributed by atoms with Crippen LogP contribution in [0.15, 0.2) is 76.3 Å². The van der Waals surface area contributed by atoms with E-state index in [9.17, 15) is 14.4 Å². The molecule has 0 atom stereocenters. The van der Waals surface area contributed by atoms with Crippen molar-refractivity contribution in [3.05, 3.63) is 115 Å². The average Bonchev–Trinajstić information content (AvgIpc) is 3.03. The van der Waals surface area contributed by atoms with Crippen molar-refractivity contribution in [3.8, 4) is 0 Å². The second-order valence-corrected chi connectivity index (χ2v) is 12.4. The monoisotopic (exact) mass is 592 g/mol. The van der Waals surface area contributed by atoms with Crippen LogP contribution in [0, 0.1) is 12.8 Å². The molecular weight excluding hydrogens is 548 g/mol. The number of nitrogens with zero attached hydrogens (tertiary/aromatic N) is 2. The molecule has 1 aliphatic carbocycles. The summed E-state index contributed by atoms with van der Waals surface area (Å²) in [7, 11) is 1.56. The molecule has 3 aromatic carbocycles. The number of carbonyl (C=O) groups is 1. The van der Waals surface area contributed by atoms with Crippen molar-refractivity contribution in [2.24, 2.45) is 5.92 Å². The first kappa shape index (κ1) is 31.4. The van der Waals surface area contributed by atoms with Gasteiger partial charge < -0.3 is 4.74 Å². The van der Waals surface area contributed by atoms with Gasteiger partial charge in [-0.05, 0) is 66.1 Å². The van der Waals surface area contributed by atoms with Crippen molar-refractivity contribution in [2.75, 3.05) is 13.7 Å². The maximum atomic E-state index is 13.5. The lowest BCUT2D eigenvalue weighted by atomic mass is 9.87. The molecule has 1 aliphatic rings. The van der Waals surface area contributed by atoms with Gasteiger partial charge in [-0.3, -0.25) is 18.7 Å². The van der Waals surface area contributed by atoms with Crippen molar-refractivity contribution in [1.82, 2.24) is 9.13 Å². The number of benzene rings is 3. The number of hydrogen-bond donors (Lipinski definition) is 0. The van der Waals surface area contributed by atoms with Crippen LogP contribution in [0.1, 0.15) is 73.3 Å². The summed E-state index contributed by atoms with van der Waals surface area (Å²) < 4.78 is 8.24. The quantitative estimate of drug-likeness (QED) is 0.166. The molecule has 0 N–H and O–H groups in total. The van der Waals surface area contributed by atoms with Crippen LogP contribution in [0.2, 0.25) is 0 Å². The first-order chi connectivity index (χ1) is 21.3. The molecule has 4 aromatic rings. The molecule has 0 saturated heterocycles. The lowest BCUT2D eigenvalue weighted by Crippen LogP contribution is -2.41. The summed E-state index contributed by atoms with van der Waals surface area (Å²) in [6, 6.07) is 22.1. The van der Waals surface area contributed by atoms with Gasteiger partial charge in [0.15, 0.2) is 0 Å². The minimum Gasteiger partial charge on any atom is -0.383 e. The SMILES string of the molecule is COCCn1c(=O)c2cc(CC(=O)Cc3cccc(/C(C)=C/c4ccc(C)cc4)c3)ccc2n(CCC2CCCCC2)c1=O. The van der Waals surface area contributed by atoms with Gasteiger partial charge in [-0.2, -0.15) is 0 Å². The van der Waals surface area contributed by atoms with Crippen molar-refractivity contribution in [3.63, 3.8) is 0 Å². The van der Waals surface area contributed by atoms with Crippen molar-refractivity contribution >= 4 is 28.3 Å². The highest BCUT2D eigenvalue weighted by Gasteiger charge is 2.18. The Morgan fingerprint density at radius 1 is 0.886 bits per heavy atom. The van der Waals surface area contributed by atoms with E-state index in [1.54, 1.807) is 17.7 Å². The van der Waals surface area contributed by atoms with Gasteiger partial charge in [0.25, 0.3) is 5.56 Å². The number of aromatic nitrogens is 2. The Bertz CT molecular complexity index is 1750. The van der Waals surface area contributed by atoms with Gasteiger partial charge in [-0.1, -0.05) is 98.3 Å². The lowest BCUT2D eigenvalue weighted by Gasteiger charge is -2.22. The molecule has 0 aliphatic heterocycles. The van der Waals surface area contributed by atoms with E-state index in [1.807, 2.05) is 24.3 Å². The third kappa shape index (κ3) is 7.72. The summed E-state index contributed by atoms with van der Waals surface area (Å²) in [5.74, 6) is 0.689. The molecule has 0 radical (unpaired) electrons. The van der Waals surface area contributed by atoms with Crippen molar-refractivity contribution in [1.29, 1.82) is 0 Å². The predicted molar refractivity (Wildman–Crippen MR) is 179 cm³/mol. The van der Waals surface area contributed by atoms with Crippen LogP contribution in [0.4, 0.5) is 0 Å². The molecule has 6 heteroatoms. The second kappa shape index (κ2) is 14.6. The summed E-state index contributed by atoms with van der Waals surface area (Å²) in [6.07, 6.45) is 9.80. The number of carbonyl (C=O) groups excluding carboxylic acids is 1. The number of ketones is 1. The highest BCUT2D eigenvalue weighted by molar-refractivity contribution is 5.86. The maximum absolute atomic E-state index is 13.5. The molecule has 1 heterocycles. The topological polar surface area (TPSA) is 70.3 Å². The van der Waals surface area contributed by atoms with Crippen LogP contribution in [0.25, 0.3) is 22.6 Å². The molecular formula is C38H44N2O4. The number of fused-ring (bicyclic) bond motifs is 1. The Labute approximate surface area is 260 Å². The van der Waals surface area contributed by atoms with Crippen LogP contribution in [-0.4, -0.2) is 28.6 Å². The standard InChI is InChI=1S/C38H44N2O4/c1-27-12-14-30(15-13-27)22-28(2)33-11-7-10-31(23-33)24-34(41)25-32-16-17-36-35(26-32)37(42)40(20-21-44-3)38(43)39(36)19-18-29-8-5-4-6-9-29/h7,10-17,22-23,26,29H,4-6,8-9,18-21,24-25H2,1-3H3/b28-22+. The molecule has 1 fully saturated rings. The molecule has 5 rings (SSSR count). The molecule has 0 amide bonds. The Kier molecular flexibility index (Phi) is 10.4. The van der Waals surface area contributed by atoms with Gasteiger partial charge in [0.1, 0.15) is 5.78 Å². The lowest BCUT2D eigenvalue weighted by molar-refractivity contribution is -0.117. The number of hydrogen-bond acceptors (Lipinski definition) is 4. The van der Waals surface area contributed by atoms with Crippen LogP contribution < -0.4 is 11.2 Å². The Morgan fingerprint density at radius 2 is 1.61 bits per heavy atom. The third-order valence-corrected chi connectivity index (χ3v) is 8.94. The van der Waals surface area contributed by atoms with E-state index in [2.05, 4.69) is 56.3 Å². The summed E-state index contributed by atoms with van der Waals surface area (Å²) in [5, 5.41) is 0.480. The van der Waals surface area contributed by atoms with Gasteiger partial charge in [0, 0.05) is 26.5 Å². The number of allylic oxidation sites excluding steroid dienone is 1. The zero-order valence-corrected chi connectivity index (χ0v) is 26.3. The predicted octanol–water partition coefficient (Wildman–Crippen LogP) is 7.00. The first-order valence-corrected chi connectivity index (χ1v) is 15.9. The number of methoxy groups -OCH3 is 1. The van der Waals surface area contributed by atoms with Gasteiger partial charge in [-0.15, -0.1) is 0 Å². The third-order valence-electron chi connectivity index (χ3n) is 8.94. The Hall–Kier alpha value is -4.03. The Balaban J connectivity index is 1.35. The highest BCUT2D eigenvalue weighted by atomic mass is 16.5. The van der Waals surface area contributed by atoms with Gasteiger partial charge in [0.2, 0.25) is 0 Å². The molecule has 1 saturated carbocycles. The maximum Gasteiger partial charge on any atom is 0.331 e. The van der Waals surface area contributed by atoms with E-state index in [-0.39, 0.29) is 36.6 Å². The van der Waals surface area contributed by atoms with Crippen LogP contribution in [-0.2, 0) is 35.5 Å². The first-order valence-electron chi connectivity index (χ1n) is 15.9. The van der Waals surface area contributed by atoms with Crippen molar-refractivity contribution < 1.29 is 9.53 Å². The summed E-state index contributed by atoms with van der Waals surface area (Å²) in [6.45, 7) is 5.23. The molecule has 0 bridgehead atoms. The van der Waals surface area contributed by atoms with E-state index < -0.39 is 0 Å². The second-order valence-electron chi connectivity index (χ2n) is 12.4. The van der Waals surface area contributed by atoms with E-state index in [0.717, 1.165) is 34.2 Å². The normalized spacial score (nSPS) is 14.3. The molecule has 1 aromatic heterocycles. The van der Waals surface area contributed by atoms with Crippen molar-refractivity contribution in [2.45, 2.75) is 78.3 Å². The fourth-order valence-electron chi connectivity index (χ4n) is 6.40. The molecule has 0 spiro atoms. The van der Waals surface area contributed by atoms with E-state index in [4.69, 9.17) is 4.74 Å². The number of rotatable bonds is 12. The number of aryl methyl sites for hydroxylation is 2. The van der Waals surface area contributed by atoms with Crippen LogP contribution >= 0.6 is 0 Å². The summed E-state index contributed by atoms with van der Waals surface area (Å²) >= 11 is 0. The molecule has 230 valence electrons. The van der Waals surface area contributed by atoms with E-state index in [1.165, 1.54) is 42.2 Å². The minimum atomic E-state index is -0.325. The summed E-state index contributed by atoms with van der Waals surface area (Å²) in [5.41, 5.74) is 6.37. The number of ether oxygens (including phenoxy) is 1. The highest BCUT2D eigenvalue weighted by Crippen LogP contribution is 2.27. The van der Waals surface area contributed by atoms with Crippen LogP contribution in [0.3, 0.4) is 0 Å². The molecule has 0 unspecified atom stereocenters. The van der Waals surface area contributed by atoms with E-state index >= 15 is 0 Å².